The highest BCUT2D eigenvalue weighted by Crippen LogP contribution is 2.61. The lowest BCUT2D eigenvalue weighted by molar-refractivity contribution is -0.439. The highest BCUT2D eigenvalue weighted by molar-refractivity contribution is 7.51. The van der Waals surface area contributed by atoms with E-state index in [9.17, 15) is 61.6 Å². The highest BCUT2D eigenvalue weighted by atomic mass is 31.2. The zero-order valence-electron chi connectivity index (χ0n) is 16.6. The van der Waals surface area contributed by atoms with Crippen LogP contribution < -0.4 is 0 Å². The number of alkyl halides is 13. The van der Waals surface area contributed by atoms with E-state index in [0.717, 1.165) is 0 Å². The third kappa shape index (κ3) is 7.10. The van der Waals surface area contributed by atoms with Crippen LogP contribution in [0.25, 0.3) is 0 Å². The molecule has 0 aromatic carbocycles. The second kappa shape index (κ2) is 10.6. The van der Waals surface area contributed by atoms with Crippen molar-refractivity contribution in [2.75, 3.05) is 25.8 Å². The van der Waals surface area contributed by atoms with Gasteiger partial charge in [-0.25, -0.2) is 0 Å². The van der Waals surface area contributed by atoms with Crippen molar-refractivity contribution in [2.24, 2.45) is 0 Å². The topological polar surface area (TPSA) is 60.8 Å². The van der Waals surface area contributed by atoms with Crippen LogP contribution in [0.5, 0.6) is 0 Å². The molecule has 0 bridgehead atoms. The van der Waals surface area contributed by atoms with Gasteiger partial charge in [0, 0.05) is 6.42 Å². The first kappa shape index (κ1) is 33.4. The van der Waals surface area contributed by atoms with E-state index in [2.05, 4.69) is 25.7 Å². The summed E-state index contributed by atoms with van der Waals surface area (Å²) >= 11 is 0. The summed E-state index contributed by atoms with van der Waals surface area (Å²) in [6, 6.07) is 0. The molecule has 0 aliphatic rings. The van der Waals surface area contributed by atoms with Crippen LogP contribution in [0.1, 0.15) is 27.2 Å². The van der Waals surface area contributed by atoms with Crippen LogP contribution in [0.2, 0.25) is 0 Å². The maximum atomic E-state index is 13.0. The molecule has 2 N–H and O–H groups in total. The summed E-state index contributed by atoms with van der Waals surface area (Å²) < 4.78 is 174. The van der Waals surface area contributed by atoms with E-state index in [1.165, 1.54) is 19.6 Å². The molecule has 196 valence electrons. The lowest BCUT2D eigenvalue weighted by atomic mass is 9.93. The van der Waals surface area contributed by atoms with Crippen LogP contribution in [0.15, 0.2) is 0 Å². The Balaban J connectivity index is 0. The smallest absolute Gasteiger partial charge is 0.324 e. The fraction of sp³-hybridized carbons (Fsp3) is 1.00. The van der Waals surface area contributed by atoms with Gasteiger partial charge in [-0.1, -0.05) is 20.8 Å². The third-order valence-corrected chi connectivity index (χ3v) is 4.86. The molecule has 0 saturated carbocycles. The molecule has 0 saturated heterocycles. The van der Waals surface area contributed by atoms with Crippen LogP contribution in [-0.2, 0) is 4.57 Å². The molecule has 0 aliphatic carbocycles. The van der Waals surface area contributed by atoms with Gasteiger partial charge in [0.2, 0.25) is 0 Å². The first-order chi connectivity index (χ1) is 13.8. The molecular formula is C14H21F13NO3P. The molecule has 0 aromatic rings. The Bertz CT molecular complexity index is 624. The van der Waals surface area contributed by atoms with Gasteiger partial charge in [-0.05, 0) is 19.6 Å². The van der Waals surface area contributed by atoms with Gasteiger partial charge >= 0.3 is 43.4 Å². The van der Waals surface area contributed by atoms with Crippen molar-refractivity contribution in [3.63, 3.8) is 0 Å². The Morgan fingerprint density at radius 1 is 0.625 bits per heavy atom. The zero-order valence-corrected chi connectivity index (χ0v) is 17.5. The number of hydrogen-bond acceptors (Lipinski definition) is 2. The Hall–Kier alpha value is -0.800. The maximum Gasteiger partial charge on any atom is 0.460 e. The Kier molecular flexibility index (Phi) is 11.1. The van der Waals surface area contributed by atoms with E-state index in [-0.39, 0.29) is 0 Å². The van der Waals surface area contributed by atoms with E-state index in [1.54, 1.807) is 0 Å². The zero-order chi connectivity index (χ0) is 26.6. The predicted octanol–water partition coefficient (Wildman–Crippen LogP) is 5.64. The highest BCUT2D eigenvalue weighted by Gasteiger charge is 2.90. The van der Waals surface area contributed by atoms with Gasteiger partial charge in [0.25, 0.3) is 0 Å². The van der Waals surface area contributed by atoms with Gasteiger partial charge in [-0.2, -0.15) is 57.1 Å². The lowest BCUT2D eigenvalue weighted by Gasteiger charge is -2.39. The minimum Gasteiger partial charge on any atom is -0.324 e. The average molecular weight is 529 g/mol. The molecule has 0 aromatic heterocycles. The van der Waals surface area contributed by atoms with Crippen molar-refractivity contribution in [1.82, 2.24) is 4.90 Å². The molecule has 0 aliphatic heterocycles. The van der Waals surface area contributed by atoms with Gasteiger partial charge < -0.3 is 14.7 Å². The van der Waals surface area contributed by atoms with E-state index in [4.69, 9.17) is 9.79 Å². The molecule has 0 unspecified atom stereocenters. The summed E-state index contributed by atoms with van der Waals surface area (Å²) in [5.41, 5.74) is 0. The average Bonchev–Trinajstić information content (AvgIpc) is 2.60. The van der Waals surface area contributed by atoms with Crippen LogP contribution in [0.4, 0.5) is 57.1 Å². The first-order valence-electron chi connectivity index (χ1n) is 8.53. The summed E-state index contributed by atoms with van der Waals surface area (Å²) in [6.07, 6.45) is -12.7. The molecule has 0 rings (SSSR count). The van der Waals surface area contributed by atoms with Gasteiger partial charge in [-0.3, -0.25) is 4.57 Å². The van der Waals surface area contributed by atoms with Gasteiger partial charge in [0.1, 0.15) is 0 Å². The van der Waals surface area contributed by atoms with E-state index in [0.29, 0.717) is 0 Å². The molecular weight excluding hydrogens is 508 g/mol. The molecule has 18 heteroatoms. The quantitative estimate of drug-likeness (QED) is 0.284. The normalized spacial score (nSPS) is 15.0. The minimum atomic E-state index is -8.02. The number of nitrogens with zero attached hydrogens (tertiary/aromatic N) is 1. The predicted molar refractivity (Wildman–Crippen MR) is 85.8 cm³/mol. The Morgan fingerprint density at radius 2 is 0.938 bits per heavy atom. The molecule has 0 atom stereocenters. The fourth-order valence-electron chi connectivity index (χ4n) is 1.92. The van der Waals surface area contributed by atoms with Crippen molar-refractivity contribution >= 4 is 7.60 Å². The van der Waals surface area contributed by atoms with Crippen LogP contribution in [0, 0.1) is 0 Å². The van der Waals surface area contributed by atoms with Crippen molar-refractivity contribution in [3.8, 4) is 0 Å². The van der Waals surface area contributed by atoms with E-state index in [1.807, 2.05) is 0 Å². The van der Waals surface area contributed by atoms with Gasteiger partial charge in [0.15, 0.2) is 0 Å². The molecule has 0 radical (unpaired) electrons. The Morgan fingerprint density at radius 3 is 1.16 bits per heavy atom. The van der Waals surface area contributed by atoms with Gasteiger partial charge in [0.05, 0.1) is 6.16 Å². The molecule has 0 amide bonds. The first-order valence-corrected chi connectivity index (χ1v) is 10.3. The Labute approximate surface area is 173 Å². The second-order valence-electron chi connectivity index (χ2n) is 6.26. The number of rotatable bonds is 10. The molecule has 4 nitrogen and oxygen atoms in total. The van der Waals surface area contributed by atoms with Crippen LogP contribution >= 0.6 is 7.60 Å². The van der Waals surface area contributed by atoms with Crippen LogP contribution in [-0.4, -0.2) is 76.3 Å². The monoisotopic (exact) mass is 529 g/mol. The fourth-order valence-corrected chi connectivity index (χ4v) is 2.49. The van der Waals surface area contributed by atoms with Crippen molar-refractivity contribution in [2.45, 2.75) is 63.0 Å². The van der Waals surface area contributed by atoms with Crippen LogP contribution in [0.3, 0.4) is 0 Å². The number of hydrogen-bond donors (Lipinski definition) is 2. The number of halogens is 13. The molecule has 0 spiro atoms. The summed E-state index contributed by atoms with van der Waals surface area (Å²) in [4.78, 5) is 18.7. The van der Waals surface area contributed by atoms with E-state index >= 15 is 0 Å². The SMILES string of the molecule is CCN(CC)CC.O=P(O)(O)CCC(F)(F)C(F)(F)C(F)(F)C(F)(F)C(F)(F)C(F)(F)F. The summed E-state index contributed by atoms with van der Waals surface area (Å²) in [5, 5.41) is 0. The largest absolute Gasteiger partial charge is 0.460 e. The second-order valence-corrected chi connectivity index (χ2v) is 8.03. The minimum absolute atomic E-state index is 1.19. The molecule has 32 heavy (non-hydrogen) atoms. The van der Waals surface area contributed by atoms with E-state index < -0.39 is 56.0 Å². The standard InChI is InChI=1S/C8H6F13O3P.C6H15N/c9-3(10,1-2-25(22,23)24)4(11,12)5(13,14)6(15,16)7(17,18)8(19,20)21;1-4-7(5-2)6-3/h1-2H2,(H2,22,23,24);4-6H2,1-3H3. The summed E-state index contributed by atoms with van der Waals surface area (Å²) in [6.45, 7) is 10.1. The summed E-state index contributed by atoms with van der Waals surface area (Å²) in [7, 11) is -5.56. The van der Waals surface area contributed by atoms with Crippen molar-refractivity contribution in [1.29, 1.82) is 0 Å². The summed E-state index contributed by atoms with van der Waals surface area (Å²) in [5.74, 6) is -37.8. The lowest BCUT2D eigenvalue weighted by Crippen LogP contribution is -2.70. The molecule has 0 fully saturated rings. The third-order valence-electron chi connectivity index (χ3n) is 4.06. The van der Waals surface area contributed by atoms with Crippen molar-refractivity contribution in [3.05, 3.63) is 0 Å². The van der Waals surface area contributed by atoms with Crippen molar-refractivity contribution < 1.29 is 71.4 Å². The van der Waals surface area contributed by atoms with Gasteiger partial charge in [-0.15, -0.1) is 0 Å². The maximum absolute atomic E-state index is 13.0. The molecule has 0 heterocycles.